The van der Waals surface area contributed by atoms with Crippen molar-refractivity contribution in [3.05, 3.63) is 63.6 Å². The number of amides is 1. The summed E-state index contributed by atoms with van der Waals surface area (Å²) in [6.45, 7) is 2.24. The Morgan fingerprint density at radius 3 is 2.50 bits per heavy atom. The van der Waals surface area contributed by atoms with Gasteiger partial charge in [-0.05, 0) is 24.1 Å². The van der Waals surface area contributed by atoms with E-state index in [1.807, 2.05) is 31.2 Å². The van der Waals surface area contributed by atoms with Crippen molar-refractivity contribution < 1.29 is 4.79 Å². The Morgan fingerprint density at radius 2 is 1.85 bits per heavy atom. The van der Waals surface area contributed by atoms with E-state index in [1.165, 1.54) is 10.7 Å². The molecule has 1 aromatic carbocycles. The van der Waals surface area contributed by atoms with Crippen LogP contribution in [0, 0.1) is 6.92 Å². The maximum atomic E-state index is 11.7. The lowest BCUT2D eigenvalue weighted by Crippen LogP contribution is -2.31. The molecule has 0 bridgehead atoms. The number of aryl methyl sites for hydroxylation is 1. The molecule has 20 heavy (non-hydrogen) atoms. The van der Waals surface area contributed by atoms with Crippen molar-refractivity contribution in [3.8, 4) is 0 Å². The van der Waals surface area contributed by atoms with Crippen LogP contribution in [0.3, 0.4) is 0 Å². The van der Waals surface area contributed by atoms with Gasteiger partial charge in [0.15, 0.2) is 0 Å². The van der Waals surface area contributed by atoms with Crippen LogP contribution in [0.4, 0.5) is 0 Å². The molecule has 2 rings (SSSR count). The van der Waals surface area contributed by atoms with E-state index >= 15 is 0 Å². The molecular formula is C14H16N4O2. The van der Waals surface area contributed by atoms with E-state index in [-0.39, 0.29) is 17.9 Å². The first-order chi connectivity index (χ1) is 9.58. The van der Waals surface area contributed by atoms with E-state index < -0.39 is 0 Å². The van der Waals surface area contributed by atoms with Crippen LogP contribution in [-0.2, 0) is 17.8 Å². The molecule has 2 aromatic rings. The number of nitrogens with one attached hydrogen (secondary N) is 1. The number of hydrazine groups is 1. The van der Waals surface area contributed by atoms with E-state index in [9.17, 15) is 9.59 Å². The molecule has 6 nitrogen and oxygen atoms in total. The number of benzene rings is 1. The zero-order valence-electron chi connectivity index (χ0n) is 11.2. The van der Waals surface area contributed by atoms with Gasteiger partial charge in [0.2, 0.25) is 5.91 Å². The smallest absolute Gasteiger partial charge is 0.267 e. The van der Waals surface area contributed by atoms with E-state index in [0.29, 0.717) is 6.54 Å². The minimum Gasteiger partial charge on any atom is -0.294 e. The highest BCUT2D eigenvalue weighted by Gasteiger charge is 2.03. The van der Waals surface area contributed by atoms with Gasteiger partial charge in [0.1, 0.15) is 0 Å². The molecule has 0 saturated heterocycles. The van der Waals surface area contributed by atoms with Crippen LogP contribution in [0.15, 0.2) is 41.2 Å². The first-order valence-electron chi connectivity index (χ1n) is 6.20. The van der Waals surface area contributed by atoms with E-state index in [4.69, 9.17) is 5.84 Å². The third-order valence-electron chi connectivity index (χ3n) is 2.88. The molecule has 0 aliphatic heterocycles. The van der Waals surface area contributed by atoms with Gasteiger partial charge in [-0.2, -0.15) is 5.10 Å². The molecule has 1 aromatic heterocycles. The molecule has 0 aliphatic rings. The van der Waals surface area contributed by atoms with Gasteiger partial charge in [-0.1, -0.05) is 24.3 Å². The monoisotopic (exact) mass is 272 g/mol. The number of rotatable bonds is 4. The maximum Gasteiger partial charge on any atom is 0.267 e. The van der Waals surface area contributed by atoms with Crippen molar-refractivity contribution >= 4 is 5.91 Å². The summed E-state index contributed by atoms with van der Waals surface area (Å²) in [7, 11) is 0. The normalized spacial score (nSPS) is 10.3. The lowest BCUT2D eigenvalue weighted by molar-refractivity contribution is -0.120. The molecule has 0 saturated carbocycles. The lowest BCUT2D eigenvalue weighted by Gasteiger charge is -2.06. The van der Waals surface area contributed by atoms with Crippen molar-refractivity contribution in [1.29, 1.82) is 0 Å². The summed E-state index contributed by atoms with van der Waals surface area (Å²) in [4.78, 5) is 22.8. The summed E-state index contributed by atoms with van der Waals surface area (Å²) in [5, 5.41) is 4.18. The number of aromatic nitrogens is 2. The zero-order valence-corrected chi connectivity index (χ0v) is 11.2. The Kier molecular flexibility index (Phi) is 4.27. The largest absolute Gasteiger partial charge is 0.294 e. The third-order valence-corrected chi connectivity index (χ3v) is 2.88. The van der Waals surface area contributed by atoms with Crippen molar-refractivity contribution in [3.63, 3.8) is 0 Å². The fraction of sp³-hybridized carbons (Fsp3) is 0.214. The predicted octanol–water partition coefficient (Wildman–Crippen LogP) is 0.132. The highest BCUT2D eigenvalue weighted by Crippen LogP contribution is 2.06. The quantitative estimate of drug-likeness (QED) is 0.470. The second kappa shape index (κ2) is 6.12. The van der Waals surface area contributed by atoms with Crippen LogP contribution < -0.4 is 16.8 Å². The van der Waals surface area contributed by atoms with Gasteiger partial charge >= 0.3 is 0 Å². The van der Waals surface area contributed by atoms with Gasteiger partial charge in [-0.3, -0.25) is 15.0 Å². The predicted molar refractivity (Wildman–Crippen MR) is 74.8 cm³/mol. The molecule has 0 aliphatic carbocycles. The second-order valence-electron chi connectivity index (χ2n) is 4.53. The van der Waals surface area contributed by atoms with E-state index in [1.54, 1.807) is 6.07 Å². The Labute approximate surface area is 116 Å². The minimum atomic E-state index is -0.241. The molecule has 0 fully saturated rings. The molecule has 0 unspecified atom stereocenters. The number of hydrogen-bond donors (Lipinski definition) is 2. The van der Waals surface area contributed by atoms with Gasteiger partial charge in [0, 0.05) is 6.07 Å². The second-order valence-corrected chi connectivity index (χ2v) is 4.53. The number of hydrogen-bond acceptors (Lipinski definition) is 4. The molecule has 6 heteroatoms. The summed E-state index contributed by atoms with van der Waals surface area (Å²) in [6.07, 6.45) is 0.236. The lowest BCUT2D eigenvalue weighted by atomic mass is 10.1. The number of nitrogens with zero attached hydrogens (tertiary/aromatic N) is 2. The number of nitrogens with two attached hydrogens (primary N) is 1. The Hall–Kier alpha value is -2.47. The molecule has 1 amide bonds. The fourth-order valence-electron chi connectivity index (χ4n) is 1.84. The van der Waals surface area contributed by atoms with Gasteiger partial charge < -0.3 is 0 Å². The van der Waals surface area contributed by atoms with Crippen LogP contribution in [0.1, 0.15) is 16.8 Å². The maximum absolute atomic E-state index is 11.7. The first-order valence-corrected chi connectivity index (χ1v) is 6.20. The van der Waals surface area contributed by atoms with Gasteiger partial charge in [0.05, 0.1) is 18.7 Å². The van der Waals surface area contributed by atoms with E-state index in [2.05, 4.69) is 10.5 Å². The topological polar surface area (TPSA) is 90.0 Å². The number of carbonyl (C=O) groups is 1. The summed E-state index contributed by atoms with van der Waals surface area (Å²) >= 11 is 0. The first kappa shape index (κ1) is 14.0. The average Bonchev–Trinajstić information content (AvgIpc) is 2.45. The standard InChI is InChI=1S/C14H16N4O2/c1-10-2-7-14(20)18(17-10)9-12-5-3-11(4-6-12)8-13(19)16-15/h2-7H,8-9,15H2,1H3,(H,16,19). The fourth-order valence-corrected chi connectivity index (χ4v) is 1.84. The van der Waals surface area contributed by atoms with Gasteiger partial charge in [-0.25, -0.2) is 10.5 Å². The summed E-state index contributed by atoms with van der Waals surface area (Å²) in [6, 6.07) is 10.6. The Balaban J connectivity index is 2.12. The van der Waals surface area contributed by atoms with Crippen molar-refractivity contribution in [2.45, 2.75) is 19.9 Å². The molecule has 104 valence electrons. The Morgan fingerprint density at radius 1 is 1.20 bits per heavy atom. The van der Waals surface area contributed by atoms with Crippen molar-refractivity contribution in [2.24, 2.45) is 5.84 Å². The molecule has 0 spiro atoms. The molecular weight excluding hydrogens is 256 g/mol. The highest BCUT2D eigenvalue weighted by molar-refractivity contribution is 5.77. The van der Waals surface area contributed by atoms with Crippen LogP contribution in [0.25, 0.3) is 0 Å². The van der Waals surface area contributed by atoms with Gasteiger partial charge in [-0.15, -0.1) is 0 Å². The summed E-state index contributed by atoms with van der Waals surface area (Å²) in [5.74, 6) is 4.80. The summed E-state index contributed by atoms with van der Waals surface area (Å²) < 4.78 is 1.41. The van der Waals surface area contributed by atoms with Crippen LogP contribution in [-0.4, -0.2) is 15.7 Å². The molecule has 0 radical (unpaired) electrons. The third kappa shape index (κ3) is 3.52. The molecule has 3 N–H and O–H groups in total. The van der Waals surface area contributed by atoms with Crippen LogP contribution in [0.2, 0.25) is 0 Å². The van der Waals surface area contributed by atoms with Gasteiger partial charge in [0.25, 0.3) is 5.56 Å². The van der Waals surface area contributed by atoms with Crippen molar-refractivity contribution in [1.82, 2.24) is 15.2 Å². The molecule has 1 heterocycles. The zero-order chi connectivity index (χ0) is 14.5. The van der Waals surface area contributed by atoms with Crippen LogP contribution >= 0.6 is 0 Å². The molecule has 0 atom stereocenters. The SMILES string of the molecule is Cc1ccc(=O)n(Cc2ccc(CC(=O)NN)cc2)n1. The highest BCUT2D eigenvalue weighted by atomic mass is 16.2. The van der Waals surface area contributed by atoms with Crippen molar-refractivity contribution in [2.75, 3.05) is 0 Å². The van der Waals surface area contributed by atoms with Crippen LogP contribution in [0.5, 0.6) is 0 Å². The Bertz CT molecular complexity index is 662. The average molecular weight is 272 g/mol. The number of carbonyl (C=O) groups excluding carboxylic acids is 1. The summed E-state index contributed by atoms with van der Waals surface area (Å²) in [5.41, 5.74) is 4.55. The minimum absolute atomic E-state index is 0.137. The van der Waals surface area contributed by atoms with E-state index in [0.717, 1.165) is 16.8 Å².